The molecular formula is C28H40N4O4S. The number of likely N-dealkylation sites (N-methyl/N-ethyl adjacent to an activating group) is 1. The van der Waals surface area contributed by atoms with E-state index in [9.17, 15) is 14.4 Å². The third-order valence-corrected chi connectivity index (χ3v) is 9.21. The average molecular weight is 529 g/mol. The van der Waals surface area contributed by atoms with Crippen LogP contribution >= 0.6 is 11.8 Å². The van der Waals surface area contributed by atoms with Crippen LogP contribution in [0.4, 0.5) is 0 Å². The van der Waals surface area contributed by atoms with E-state index in [-0.39, 0.29) is 30.4 Å². The Bertz CT molecular complexity index is 949. The van der Waals surface area contributed by atoms with Crippen molar-refractivity contribution < 1.29 is 19.1 Å². The molecule has 1 aromatic rings. The minimum absolute atomic E-state index is 0.0910. The Kier molecular flexibility index (Phi) is 10.7. The van der Waals surface area contributed by atoms with Gasteiger partial charge in [-0.15, -0.1) is 24.6 Å². The molecule has 0 aromatic heterocycles. The quantitative estimate of drug-likeness (QED) is 0.402. The van der Waals surface area contributed by atoms with Gasteiger partial charge in [0, 0.05) is 18.0 Å². The maximum Gasteiger partial charge on any atom is 0.246 e. The molecule has 3 amide bonds. The molecule has 3 heterocycles. The van der Waals surface area contributed by atoms with Crippen molar-refractivity contribution in [2.24, 2.45) is 5.41 Å². The Morgan fingerprint density at radius 2 is 1.95 bits per heavy atom. The van der Waals surface area contributed by atoms with Crippen molar-refractivity contribution in [3.63, 3.8) is 0 Å². The van der Waals surface area contributed by atoms with Crippen LogP contribution in [0.1, 0.15) is 63.5 Å². The molecule has 37 heavy (non-hydrogen) atoms. The monoisotopic (exact) mass is 528 g/mol. The van der Waals surface area contributed by atoms with Crippen LogP contribution in [0, 0.1) is 18.3 Å². The molecular weight excluding hydrogens is 488 g/mol. The van der Waals surface area contributed by atoms with Gasteiger partial charge in [0.15, 0.2) is 0 Å². The van der Waals surface area contributed by atoms with Gasteiger partial charge < -0.3 is 25.6 Å². The molecule has 9 heteroatoms. The Morgan fingerprint density at radius 1 is 1.22 bits per heavy atom. The predicted octanol–water partition coefficient (Wildman–Crippen LogP) is 2.84. The summed E-state index contributed by atoms with van der Waals surface area (Å²) in [5.74, 6) is 1.87. The van der Waals surface area contributed by atoms with E-state index in [1.54, 1.807) is 7.05 Å². The normalized spacial score (nSPS) is 27.1. The van der Waals surface area contributed by atoms with Crippen LogP contribution in [0.2, 0.25) is 0 Å². The lowest BCUT2D eigenvalue weighted by atomic mass is 9.79. The fourth-order valence-electron chi connectivity index (χ4n) is 6.10. The minimum Gasteiger partial charge on any atom is -0.493 e. The van der Waals surface area contributed by atoms with Crippen LogP contribution in [0.3, 0.4) is 0 Å². The molecule has 3 N–H and O–H groups in total. The Labute approximate surface area is 225 Å². The number of hydrogen-bond acceptors (Lipinski definition) is 6. The summed E-state index contributed by atoms with van der Waals surface area (Å²) in [4.78, 5) is 37.3. The van der Waals surface area contributed by atoms with Crippen LogP contribution in [0.25, 0.3) is 0 Å². The van der Waals surface area contributed by atoms with E-state index in [2.05, 4.69) is 40.6 Å². The van der Waals surface area contributed by atoms with Gasteiger partial charge in [-0.05, 0) is 56.9 Å². The van der Waals surface area contributed by atoms with Gasteiger partial charge >= 0.3 is 0 Å². The first-order valence-electron chi connectivity index (χ1n) is 13.1. The lowest BCUT2D eigenvalue weighted by Gasteiger charge is -2.34. The van der Waals surface area contributed by atoms with Crippen LogP contribution in [0.5, 0.6) is 5.75 Å². The van der Waals surface area contributed by atoms with E-state index < -0.39 is 0 Å². The summed E-state index contributed by atoms with van der Waals surface area (Å²) < 4.78 is 5.44. The average Bonchev–Trinajstić information content (AvgIpc) is 3.45. The number of nitrogens with zero attached hydrogens (tertiary/aromatic N) is 1. The molecule has 8 nitrogen and oxygen atoms in total. The molecule has 3 aliphatic heterocycles. The van der Waals surface area contributed by atoms with Crippen LogP contribution in [-0.2, 0) is 14.4 Å². The van der Waals surface area contributed by atoms with E-state index in [0.29, 0.717) is 23.4 Å². The molecule has 1 saturated carbocycles. The number of thioether (sulfide) groups is 1. The van der Waals surface area contributed by atoms with Crippen LogP contribution < -0.4 is 20.7 Å². The highest BCUT2D eigenvalue weighted by atomic mass is 32.2. The maximum atomic E-state index is 13.0. The summed E-state index contributed by atoms with van der Waals surface area (Å²) in [5.41, 5.74) is 1.41. The summed E-state index contributed by atoms with van der Waals surface area (Å²) in [7, 11) is 1.74. The zero-order valence-electron chi connectivity index (χ0n) is 21.9. The van der Waals surface area contributed by atoms with Gasteiger partial charge in [0.1, 0.15) is 11.8 Å². The molecule has 202 valence electrons. The molecule has 4 atom stereocenters. The van der Waals surface area contributed by atoms with E-state index in [1.165, 1.54) is 25.7 Å². The highest BCUT2D eigenvalue weighted by molar-refractivity contribution is 7.99. The molecule has 4 aliphatic rings. The second-order valence-electron chi connectivity index (χ2n) is 9.97. The molecule has 1 spiro atoms. The number of carbonyl (C=O) groups excluding carboxylic acids is 3. The van der Waals surface area contributed by atoms with Gasteiger partial charge in [-0.25, -0.2) is 0 Å². The topological polar surface area (TPSA) is 99.8 Å². The third kappa shape index (κ3) is 6.60. The van der Waals surface area contributed by atoms with Crippen molar-refractivity contribution >= 4 is 30.0 Å². The molecule has 2 saturated heterocycles. The number of terminal acetylenes is 1. The smallest absolute Gasteiger partial charge is 0.246 e. The Morgan fingerprint density at radius 3 is 2.65 bits per heavy atom. The van der Waals surface area contributed by atoms with Crippen molar-refractivity contribution in [3.05, 3.63) is 29.8 Å². The van der Waals surface area contributed by atoms with Gasteiger partial charge in [-0.1, -0.05) is 31.0 Å². The van der Waals surface area contributed by atoms with Crippen molar-refractivity contribution in [1.29, 1.82) is 0 Å². The highest BCUT2D eigenvalue weighted by Crippen LogP contribution is 2.54. The second kappa shape index (κ2) is 13.7. The van der Waals surface area contributed by atoms with Crippen LogP contribution in [0.15, 0.2) is 24.3 Å². The number of fused-ring (bicyclic) bond motifs is 2. The summed E-state index contributed by atoms with van der Waals surface area (Å²) in [6.07, 6.45) is 16.6. The number of nitrogens with one attached hydrogen (secondary N) is 3. The zero-order valence-corrected chi connectivity index (χ0v) is 22.7. The maximum absolute atomic E-state index is 13.0. The number of amides is 3. The summed E-state index contributed by atoms with van der Waals surface area (Å²) in [6.45, 7) is 3.16. The third-order valence-electron chi connectivity index (χ3n) is 7.96. The number of ether oxygens (including phenoxy) is 1. The lowest BCUT2D eigenvalue weighted by molar-refractivity contribution is -0.137. The van der Waals surface area contributed by atoms with Crippen molar-refractivity contribution in [1.82, 2.24) is 20.9 Å². The van der Waals surface area contributed by atoms with Crippen molar-refractivity contribution in [2.45, 2.75) is 75.4 Å². The first kappa shape index (κ1) is 28.9. The number of carbonyl (C=O) groups is 3. The number of benzene rings is 1. The standard InChI is InChI=1S/C16H27N3O2S.C10H11NO2.C2H2/c1-11-16(6-3-4-7-16)9-14-19(11)15(21)12(5-8-22-14)18-13(20)10-17-2;12-7-11-9-5-6-13-10-4-2-1-3-8(9)10;1-2/h11-12,14,17H,3-10H2,1-2H3,(H,18,20);1-4,7,9H,5-6H2,(H,11,12);1-2H. The fraction of sp³-hybridized carbons (Fsp3) is 0.607. The Hall–Kier alpha value is -2.70. The highest BCUT2D eigenvalue weighted by Gasteiger charge is 2.54. The summed E-state index contributed by atoms with van der Waals surface area (Å²) in [6, 6.07) is 7.86. The second-order valence-corrected chi connectivity index (χ2v) is 11.3. The van der Waals surface area contributed by atoms with Gasteiger partial charge in [-0.2, -0.15) is 0 Å². The zero-order chi connectivity index (χ0) is 26.8. The minimum atomic E-state index is -0.350. The molecule has 1 aliphatic carbocycles. The first-order valence-corrected chi connectivity index (χ1v) is 14.2. The SMILES string of the molecule is C#C.CNCC(=O)NC1CCSC2CC3(CCCC3)C(C)N2C1=O.O=CNC1CCOc2ccccc21. The molecule has 3 fully saturated rings. The van der Waals surface area contributed by atoms with E-state index in [1.807, 2.05) is 36.0 Å². The summed E-state index contributed by atoms with van der Waals surface area (Å²) >= 11 is 1.91. The Balaban J connectivity index is 0.000000216. The van der Waals surface area contributed by atoms with Crippen molar-refractivity contribution in [3.8, 4) is 18.6 Å². The van der Waals surface area contributed by atoms with E-state index in [4.69, 9.17) is 4.74 Å². The predicted molar refractivity (Wildman–Crippen MR) is 147 cm³/mol. The molecule has 0 radical (unpaired) electrons. The van der Waals surface area contributed by atoms with E-state index >= 15 is 0 Å². The number of rotatable bonds is 5. The largest absolute Gasteiger partial charge is 0.493 e. The number of hydrogen-bond donors (Lipinski definition) is 3. The van der Waals surface area contributed by atoms with E-state index in [0.717, 1.165) is 42.7 Å². The van der Waals surface area contributed by atoms with Gasteiger partial charge in [0.05, 0.1) is 24.6 Å². The first-order chi connectivity index (χ1) is 18.0. The number of para-hydroxylation sites is 1. The van der Waals surface area contributed by atoms with Crippen LogP contribution in [-0.4, -0.2) is 66.5 Å². The fourth-order valence-corrected chi connectivity index (χ4v) is 7.64. The molecule has 1 aromatic carbocycles. The molecule has 0 bridgehead atoms. The van der Waals surface area contributed by atoms with Gasteiger partial charge in [-0.3, -0.25) is 14.4 Å². The van der Waals surface area contributed by atoms with Gasteiger partial charge in [0.2, 0.25) is 18.2 Å². The molecule has 4 unspecified atom stereocenters. The lowest BCUT2D eigenvalue weighted by Crippen LogP contribution is -2.52. The molecule has 5 rings (SSSR count). The van der Waals surface area contributed by atoms with Crippen molar-refractivity contribution in [2.75, 3.05) is 26.0 Å². The van der Waals surface area contributed by atoms with Gasteiger partial charge in [0.25, 0.3) is 0 Å². The summed E-state index contributed by atoms with van der Waals surface area (Å²) in [5, 5.41) is 8.85.